The second-order valence-corrected chi connectivity index (χ2v) is 6.95. The first kappa shape index (κ1) is 17.9. The van der Waals surface area contributed by atoms with Crippen molar-refractivity contribution in [1.29, 1.82) is 0 Å². The van der Waals surface area contributed by atoms with Crippen molar-refractivity contribution in [3.63, 3.8) is 0 Å². The highest BCUT2D eigenvalue weighted by Crippen LogP contribution is 2.18. The Morgan fingerprint density at radius 3 is 2.61 bits per heavy atom. The molecule has 1 heterocycles. The Hall–Kier alpha value is -1.40. The summed E-state index contributed by atoms with van der Waals surface area (Å²) < 4.78 is 5.54. The number of aliphatic hydroxyl groups excluding tert-OH is 1. The Morgan fingerprint density at radius 1 is 1.17 bits per heavy atom. The summed E-state index contributed by atoms with van der Waals surface area (Å²) in [5, 5.41) is 13.3. The molecule has 4 N–H and O–H groups in total. The molecule has 2 aromatic rings. The number of hydrogen-bond donors (Lipinski definition) is 3. The van der Waals surface area contributed by atoms with E-state index in [9.17, 15) is 5.11 Å². The summed E-state index contributed by atoms with van der Waals surface area (Å²) in [5.41, 5.74) is 5.63. The number of thiophene rings is 1. The fraction of sp³-hybridized carbons (Fsp3) is 0.444. The van der Waals surface area contributed by atoms with E-state index in [2.05, 4.69) is 24.4 Å². The number of nitrogens with one attached hydrogen (secondary N) is 1. The van der Waals surface area contributed by atoms with Gasteiger partial charge in [-0.05, 0) is 44.0 Å². The zero-order valence-electron chi connectivity index (χ0n) is 13.6. The first-order chi connectivity index (χ1) is 11.2. The number of aryl methyl sites for hydroxylation is 1. The van der Waals surface area contributed by atoms with Crippen LogP contribution in [0.3, 0.4) is 0 Å². The predicted molar refractivity (Wildman–Crippen MR) is 95.9 cm³/mol. The molecule has 0 aliphatic heterocycles. The van der Waals surface area contributed by atoms with Gasteiger partial charge in [0.25, 0.3) is 0 Å². The van der Waals surface area contributed by atoms with E-state index in [0.717, 1.165) is 18.6 Å². The summed E-state index contributed by atoms with van der Waals surface area (Å²) in [6.07, 6.45) is 1.56. The average molecular weight is 334 g/mol. The summed E-state index contributed by atoms with van der Waals surface area (Å²) in [5.74, 6) is 0.785. The fourth-order valence-electron chi connectivity index (χ4n) is 2.23. The van der Waals surface area contributed by atoms with Gasteiger partial charge in [0.05, 0.1) is 0 Å². The monoisotopic (exact) mass is 334 g/mol. The molecule has 2 atom stereocenters. The Kier molecular flexibility index (Phi) is 7.55. The quantitative estimate of drug-likeness (QED) is 0.625. The minimum absolute atomic E-state index is 0.300. The topological polar surface area (TPSA) is 67.5 Å². The smallest absolute Gasteiger partial charge is 0.119 e. The van der Waals surface area contributed by atoms with E-state index >= 15 is 0 Å². The Balaban J connectivity index is 1.60. The minimum Gasteiger partial charge on any atom is -0.491 e. The molecule has 1 aromatic carbocycles. The van der Waals surface area contributed by atoms with E-state index in [4.69, 9.17) is 10.5 Å². The van der Waals surface area contributed by atoms with Gasteiger partial charge >= 0.3 is 0 Å². The molecule has 0 aliphatic carbocycles. The average Bonchev–Trinajstić information content (AvgIpc) is 3.05. The molecular formula is C18H26N2O2S. The van der Waals surface area contributed by atoms with Crippen LogP contribution < -0.4 is 15.8 Å². The van der Waals surface area contributed by atoms with Crippen molar-refractivity contribution in [1.82, 2.24) is 5.32 Å². The first-order valence-electron chi connectivity index (χ1n) is 8.04. The maximum Gasteiger partial charge on any atom is 0.119 e. The molecule has 2 rings (SSSR count). The molecule has 0 bridgehead atoms. The molecule has 0 saturated heterocycles. The van der Waals surface area contributed by atoms with Crippen LogP contribution in [0.15, 0.2) is 42.5 Å². The third-order valence-corrected chi connectivity index (χ3v) is 4.80. The van der Waals surface area contributed by atoms with Gasteiger partial charge in [-0.3, -0.25) is 0 Å². The van der Waals surface area contributed by atoms with Crippen LogP contribution in [0.5, 0.6) is 5.75 Å². The molecule has 1 aromatic heterocycles. The zero-order valence-corrected chi connectivity index (χ0v) is 14.4. The molecule has 0 saturated carbocycles. The van der Waals surface area contributed by atoms with Crippen LogP contribution in [-0.2, 0) is 13.0 Å². The number of rotatable bonds is 10. The van der Waals surface area contributed by atoms with Crippen molar-refractivity contribution in [2.24, 2.45) is 5.73 Å². The molecule has 0 radical (unpaired) electrons. The number of ether oxygens (including phenoxy) is 1. The van der Waals surface area contributed by atoms with E-state index in [1.54, 1.807) is 11.3 Å². The highest BCUT2D eigenvalue weighted by Gasteiger charge is 2.09. The number of para-hydroxylation sites is 1. The van der Waals surface area contributed by atoms with E-state index < -0.39 is 6.10 Å². The van der Waals surface area contributed by atoms with Gasteiger partial charge in [-0.25, -0.2) is 0 Å². The van der Waals surface area contributed by atoms with Crippen molar-refractivity contribution < 1.29 is 9.84 Å². The van der Waals surface area contributed by atoms with Gasteiger partial charge in [-0.15, -0.1) is 11.3 Å². The summed E-state index contributed by atoms with van der Waals surface area (Å²) in [6, 6.07) is 14.2. The van der Waals surface area contributed by atoms with E-state index in [-0.39, 0.29) is 0 Å². The summed E-state index contributed by atoms with van der Waals surface area (Å²) in [4.78, 5) is 2.60. The highest BCUT2D eigenvalue weighted by molar-refractivity contribution is 7.11. The molecule has 0 amide bonds. The lowest BCUT2D eigenvalue weighted by Crippen LogP contribution is -2.36. The zero-order chi connectivity index (χ0) is 16.5. The van der Waals surface area contributed by atoms with Crippen molar-refractivity contribution in [3.8, 4) is 5.75 Å². The lowest BCUT2D eigenvalue weighted by atomic mass is 10.1. The summed E-state index contributed by atoms with van der Waals surface area (Å²) in [6.45, 7) is 3.59. The predicted octanol–water partition coefficient (Wildman–Crippen LogP) is 2.56. The van der Waals surface area contributed by atoms with Crippen LogP contribution in [0.25, 0.3) is 0 Å². The maximum atomic E-state index is 9.98. The lowest BCUT2D eigenvalue weighted by Gasteiger charge is -2.17. The number of aliphatic hydroxyl groups is 1. The van der Waals surface area contributed by atoms with Gasteiger partial charge in [-0.1, -0.05) is 18.2 Å². The molecule has 0 fully saturated rings. The molecule has 5 heteroatoms. The number of benzene rings is 1. The number of nitrogens with two attached hydrogens (primary N) is 1. The molecule has 23 heavy (non-hydrogen) atoms. The van der Waals surface area contributed by atoms with Crippen LogP contribution >= 0.6 is 11.3 Å². The summed E-state index contributed by atoms with van der Waals surface area (Å²) >= 11 is 1.78. The van der Waals surface area contributed by atoms with Crippen LogP contribution in [0.1, 0.15) is 23.1 Å². The van der Waals surface area contributed by atoms with Gasteiger partial charge in [0.1, 0.15) is 18.5 Å². The van der Waals surface area contributed by atoms with Gasteiger partial charge in [-0.2, -0.15) is 0 Å². The van der Waals surface area contributed by atoms with Gasteiger partial charge in [0, 0.05) is 28.9 Å². The lowest BCUT2D eigenvalue weighted by molar-refractivity contribution is 0.104. The van der Waals surface area contributed by atoms with Crippen LogP contribution in [0, 0.1) is 0 Å². The SMILES string of the molecule is C[C@@H](CCc1ccc(CN)s1)NC[C@H](O)COc1ccccc1. The third-order valence-electron chi connectivity index (χ3n) is 3.63. The van der Waals surface area contributed by atoms with Crippen LogP contribution in [-0.4, -0.2) is 30.4 Å². The second kappa shape index (κ2) is 9.67. The van der Waals surface area contributed by atoms with Gasteiger partial charge < -0.3 is 20.9 Å². The maximum absolute atomic E-state index is 9.98. The second-order valence-electron chi connectivity index (χ2n) is 5.70. The largest absolute Gasteiger partial charge is 0.491 e. The van der Waals surface area contributed by atoms with Crippen molar-refractivity contribution in [2.45, 2.75) is 38.5 Å². The Bertz CT molecular complexity index is 559. The molecular weight excluding hydrogens is 308 g/mol. The Labute approximate surface area is 142 Å². The van der Waals surface area contributed by atoms with E-state index in [0.29, 0.717) is 25.7 Å². The van der Waals surface area contributed by atoms with Crippen LogP contribution in [0.4, 0.5) is 0 Å². The minimum atomic E-state index is -0.511. The molecule has 4 nitrogen and oxygen atoms in total. The van der Waals surface area contributed by atoms with Crippen LogP contribution in [0.2, 0.25) is 0 Å². The Morgan fingerprint density at radius 2 is 1.91 bits per heavy atom. The third kappa shape index (κ3) is 6.71. The van der Waals surface area contributed by atoms with E-state index in [1.807, 2.05) is 30.3 Å². The van der Waals surface area contributed by atoms with Crippen molar-refractivity contribution >= 4 is 11.3 Å². The summed E-state index contributed by atoms with van der Waals surface area (Å²) in [7, 11) is 0. The van der Waals surface area contributed by atoms with E-state index in [1.165, 1.54) is 9.75 Å². The standard InChI is InChI=1S/C18H26N2O2S/c1-14(7-8-17-9-10-18(11-19)23-17)20-12-15(21)13-22-16-5-3-2-4-6-16/h2-6,9-10,14-15,20-21H,7-8,11-13,19H2,1H3/t14-,15-/m0/s1. The molecule has 0 spiro atoms. The van der Waals surface area contributed by atoms with Gasteiger partial charge in [0.2, 0.25) is 0 Å². The fourth-order valence-corrected chi connectivity index (χ4v) is 3.14. The van der Waals surface area contributed by atoms with Gasteiger partial charge in [0.15, 0.2) is 0 Å². The number of hydrogen-bond acceptors (Lipinski definition) is 5. The highest BCUT2D eigenvalue weighted by atomic mass is 32.1. The first-order valence-corrected chi connectivity index (χ1v) is 8.86. The van der Waals surface area contributed by atoms with Crippen molar-refractivity contribution in [3.05, 3.63) is 52.2 Å². The normalized spacial score (nSPS) is 13.7. The molecule has 0 aliphatic rings. The molecule has 0 unspecified atom stereocenters. The van der Waals surface area contributed by atoms with Crippen molar-refractivity contribution in [2.75, 3.05) is 13.2 Å². The molecule has 126 valence electrons.